The molecule has 1 heterocycles. The van der Waals surface area contributed by atoms with Gasteiger partial charge in [0, 0.05) is 12.7 Å². The summed E-state index contributed by atoms with van der Waals surface area (Å²) >= 11 is 5.85. The minimum atomic E-state index is -0.577. The first kappa shape index (κ1) is 17.0. The van der Waals surface area contributed by atoms with Gasteiger partial charge in [0.15, 0.2) is 0 Å². The fourth-order valence-electron chi connectivity index (χ4n) is 2.16. The van der Waals surface area contributed by atoms with Crippen molar-refractivity contribution in [2.45, 2.75) is 45.3 Å². The topological polar surface area (TPSA) is 62.7 Å². The highest BCUT2D eigenvalue weighted by atomic mass is 35.5. The summed E-state index contributed by atoms with van der Waals surface area (Å²) in [6.45, 7) is 5.85. The van der Waals surface area contributed by atoms with E-state index >= 15 is 0 Å². The van der Waals surface area contributed by atoms with Gasteiger partial charge in [-0.15, -0.1) is 0 Å². The van der Waals surface area contributed by atoms with Gasteiger partial charge in [0.2, 0.25) is 0 Å². The Balaban J connectivity index is 2.20. The van der Waals surface area contributed by atoms with Gasteiger partial charge in [-0.25, -0.2) is 4.79 Å². The summed E-state index contributed by atoms with van der Waals surface area (Å²) in [7, 11) is 0. The molecular weight excluding hydrogens is 304 g/mol. The maximum atomic E-state index is 12.5. The van der Waals surface area contributed by atoms with Crippen LogP contribution in [-0.4, -0.2) is 39.8 Å². The highest BCUT2D eigenvalue weighted by molar-refractivity contribution is 6.30. The molecule has 122 valence electrons. The largest absolute Gasteiger partial charge is 0.444 e. The predicted octanol–water partition coefficient (Wildman–Crippen LogP) is 3.42. The number of rotatable bonds is 5. The molecule has 0 spiro atoms. The van der Waals surface area contributed by atoms with E-state index < -0.39 is 17.7 Å². The van der Waals surface area contributed by atoms with Crippen molar-refractivity contribution in [1.82, 2.24) is 9.88 Å². The third-order valence-corrected chi connectivity index (χ3v) is 3.64. The van der Waals surface area contributed by atoms with Crippen LogP contribution in [0.1, 0.15) is 45.3 Å². The number of carbonyl (C=O) groups excluding carboxylic acids is 1. The molecule has 1 aromatic heterocycles. The predicted molar refractivity (Wildman–Crippen MR) is 84.7 cm³/mol. The van der Waals surface area contributed by atoms with Crippen molar-refractivity contribution >= 4 is 17.7 Å². The molecule has 1 unspecified atom stereocenters. The van der Waals surface area contributed by atoms with E-state index in [1.165, 1.54) is 6.20 Å². The number of pyridine rings is 1. The van der Waals surface area contributed by atoms with E-state index in [1.54, 1.807) is 17.0 Å². The van der Waals surface area contributed by atoms with Gasteiger partial charge in [0.1, 0.15) is 11.6 Å². The van der Waals surface area contributed by atoms with Gasteiger partial charge in [-0.2, -0.15) is 0 Å². The molecule has 0 radical (unpaired) electrons. The zero-order valence-electron chi connectivity index (χ0n) is 13.3. The molecule has 2 rings (SSSR count). The molecule has 1 aliphatic rings. The molecular formula is C16H23ClN2O3. The summed E-state index contributed by atoms with van der Waals surface area (Å²) in [5.41, 5.74) is 0.0326. The van der Waals surface area contributed by atoms with E-state index in [9.17, 15) is 9.90 Å². The molecule has 1 fully saturated rings. The molecule has 1 aliphatic carbocycles. The Morgan fingerprint density at radius 3 is 2.64 bits per heavy atom. The van der Waals surface area contributed by atoms with Crippen LogP contribution in [0.2, 0.25) is 5.02 Å². The van der Waals surface area contributed by atoms with Crippen LogP contribution in [-0.2, 0) is 4.74 Å². The Labute approximate surface area is 136 Å². The number of aliphatic hydroxyl groups is 1. The molecule has 1 atom stereocenters. The standard InChI is InChI=1S/C16H23ClN2O3/c1-16(2,3)22-15(21)19(9-11-4-5-11)14(10-20)13-7-6-12(17)8-18-13/h6-8,11,14,20H,4-5,9-10H2,1-3H3. The first-order valence-electron chi connectivity index (χ1n) is 7.52. The number of aromatic nitrogens is 1. The van der Waals surface area contributed by atoms with Gasteiger partial charge in [-0.3, -0.25) is 9.88 Å². The second-order valence-corrected chi connectivity index (χ2v) is 7.11. The summed E-state index contributed by atoms with van der Waals surface area (Å²) in [6, 6.07) is 2.91. The monoisotopic (exact) mass is 326 g/mol. The lowest BCUT2D eigenvalue weighted by Gasteiger charge is -2.32. The number of hydrogen-bond acceptors (Lipinski definition) is 4. The van der Waals surface area contributed by atoms with Crippen LogP contribution in [0.25, 0.3) is 0 Å². The van der Waals surface area contributed by atoms with Crippen molar-refractivity contribution in [3.8, 4) is 0 Å². The van der Waals surface area contributed by atoms with Crippen molar-refractivity contribution in [2.24, 2.45) is 5.92 Å². The zero-order valence-corrected chi connectivity index (χ0v) is 14.0. The number of hydrogen-bond donors (Lipinski definition) is 1. The van der Waals surface area contributed by atoms with Gasteiger partial charge in [0.05, 0.1) is 17.3 Å². The van der Waals surface area contributed by atoms with Gasteiger partial charge >= 0.3 is 6.09 Å². The molecule has 1 aromatic rings. The van der Waals surface area contributed by atoms with Crippen molar-refractivity contribution in [3.63, 3.8) is 0 Å². The normalized spacial score (nSPS) is 16.2. The summed E-state index contributed by atoms with van der Waals surface area (Å²) in [5.74, 6) is 0.480. The number of ether oxygens (including phenoxy) is 1. The molecule has 0 bridgehead atoms. The fourth-order valence-corrected chi connectivity index (χ4v) is 2.28. The third kappa shape index (κ3) is 4.85. The van der Waals surface area contributed by atoms with Gasteiger partial charge in [-0.05, 0) is 51.7 Å². The minimum absolute atomic E-state index is 0.208. The quantitative estimate of drug-likeness (QED) is 0.900. The van der Waals surface area contributed by atoms with Crippen LogP contribution in [0.3, 0.4) is 0 Å². The Bertz CT molecular complexity index is 509. The van der Waals surface area contributed by atoms with E-state index in [1.807, 2.05) is 20.8 Å². The number of carbonyl (C=O) groups is 1. The fraction of sp³-hybridized carbons (Fsp3) is 0.625. The van der Waals surface area contributed by atoms with Crippen LogP contribution < -0.4 is 0 Å². The van der Waals surface area contributed by atoms with E-state index in [0.29, 0.717) is 23.2 Å². The van der Waals surface area contributed by atoms with E-state index in [0.717, 1.165) is 12.8 Å². The van der Waals surface area contributed by atoms with Crippen LogP contribution >= 0.6 is 11.6 Å². The lowest BCUT2D eigenvalue weighted by molar-refractivity contribution is 0.00703. The number of halogens is 1. The maximum Gasteiger partial charge on any atom is 0.410 e. The van der Waals surface area contributed by atoms with Gasteiger partial charge in [0.25, 0.3) is 0 Å². The average Bonchev–Trinajstić information content (AvgIpc) is 3.22. The van der Waals surface area contributed by atoms with Crippen LogP contribution in [0.15, 0.2) is 18.3 Å². The smallest absolute Gasteiger partial charge is 0.410 e. The van der Waals surface area contributed by atoms with Gasteiger partial charge < -0.3 is 9.84 Å². The van der Waals surface area contributed by atoms with Crippen LogP contribution in [0, 0.1) is 5.92 Å². The lowest BCUT2D eigenvalue weighted by Crippen LogP contribution is -2.42. The zero-order chi connectivity index (χ0) is 16.3. The van der Waals surface area contributed by atoms with Crippen molar-refractivity contribution < 1.29 is 14.6 Å². The Morgan fingerprint density at radius 2 is 2.18 bits per heavy atom. The Morgan fingerprint density at radius 1 is 1.50 bits per heavy atom. The van der Waals surface area contributed by atoms with E-state index in [2.05, 4.69) is 4.98 Å². The molecule has 5 nitrogen and oxygen atoms in total. The van der Waals surface area contributed by atoms with Crippen molar-refractivity contribution in [2.75, 3.05) is 13.2 Å². The second-order valence-electron chi connectivity index (χ2n) is 6.68. The first-order chi connectivity index (χ1) is 10.3. The summed E-state index contributed by atoms with van der Waals surface area (Å²) in [4.78, 5) is 18.3. The number of nitrogens with zero attached hydrogens (tertiary/aromatic N) is 2. The van der Waals surface area contributed by atoms with Crippen molar-refractivity contribution in [1.29, 1.82) is 0 Å². The molecule has 22 heavy (non-hydrogen) atoms. The molecule has 1 saturated carbocycles. The van der Waals surface area contributed by atoms with E-state index in [4.69, 9.17) is 16.3 Å². The average molecular weight is 327 g/mol. The Kier molecular flexibility index (Phi) is 5.29. The van der Waals surface area contributed by atoms with Crippen LogP contribution in [0.5, 0.6) is 0 Å². The number of amides is 1. The second kappa shape index (κ2) is 6.84. The van der Waals surface area contributed by atoms with Gasteiger partial charge in [-0.1, -0.05) is 11.6 Å². The van der Waals surface area contributed by atoms with Crippen LogP contribution in [0.4, 0.5) is 4.79 Å². The van der Waals surface area contributed by atoms with E-state index in [-0.39, 0.29) is 6.61 Å². The lowest BCUT2D eigenvalue weighted by atomic mass is 10.1. The SMILES string of the molecule is CC(C)(C)OC(=O)N(CC1CC1)C(CO)c1ccc(Cl)cn1. The molecule has 1 amide bonds. The Hall–Kier alpha value is -1.33. The molecule has 0 saturated heterocycles. The molecule has 0 aromatic carbocycles. The molecule has 1 N–H and O–H groups in total. The summed E-state index contributed by atoms with van der Waals surface area (Å²) in [5, 5.41) is 10.3. The number of aliphatic hydroxyl groups excluding tert-OH is 1. The first-order valence-corrected chi connectivity index (χ1v) is 7.90. The summed E-state index contributed by atoms with van der Waals surface area (Å²) < 4.78 is 5.48. The highest BCUT2D eigenvalue weighted by Gasteiger charge is 2.34. The molecule has 6 heteroatoms. The minimum Gasteiger partial charge on any atom is -0.444 e. The maximum absolute atomic E-state index is 12.5. The molecule has 0 aliphatic heterocycles. The van der Waals surface area contributed by atoms with Crippen molar-refractivity contribution in [3.05, 3.63) is 29.0 Å². The third-order valence-electron chi connectivity index (χ3n) is 3.42. The summed E-state index contributed by atoms with van der Waals surface area (Å²) in [6.07, 6.45) is 3.30. The highest BCUT2D eigenvalue weighted by Crippen LogP contribution is 2.33.